The molecule has 0 amide bonds. The van der Waals surface area contributed by atoms with Crippen LogP contribution in [0.4, 0.5) is 0 Å². The topological polar surface area (TPSA) is 50.9 Å². The van der Waals surface area contributed by atoms with Crippen LogP contribution in [-0.4, -0.2) is 19.6 Å². The van der Waals surface area contributed by atoms with Gasteiger partial charge in [-0.15, -0.1) is 0 Å². The molecule has 46 heavy (non-hydrogen) atoms. The molecule has 0 aliphatic rings. The molecule has 4 heteroatoms. The number of aromatic nitrogens is 3. The maximum atomic E-state index is 11.2. The van der Waals surface area contributed by atoms with Gasteiger partial charge in [0.05, 0.1) is 28.0 Å². The molecule has 0 unspecified atom stereocenters. The maximum Gasteiger partial charge on any atom is 0.149 e. The molecule has 0 bridgehead atoms. The zero-order chi connectivity index (χ0) is 31.8. The van der Waals surface area contributed by atoms with E-state index in [1.807, 2.05) is 42.6 Å². The predicted octanol–water partition coefficient (Wildman–Crippen LogP) is 11.0. The van der Waals surface area contributed by atoms with Gasteiger partial charge < -0.3 is 5.11 Å². The minimum Gasteiger partial charge on any atom is -0.507 e. The SMILES string of the molecule is CC(C)c1cccc(C(C)C)c1-n1c(-c2ccccc2O)nc2c(-c3cc(-c4ccccc4)cc(-c4ccccn4)c3)cccc21. The van der Waals surface area contributed by atoms with Crippen molar-refractivity contribution in [3.8, 4) is 56.3 Å². The lowest BCUT2D eigenvalue weighted by Gasteiger charge is -2.22. The molecular formula is C42H37N3O. The molecule has 0 atom stereocenters. The normalized spacial score (nSPS) is 11.5. The average molecular weight is 600 g/mol. The summed E-state index contributed by atoms with van der Waals surface area (Å²) in [6.07, 6.45) is 1.84. The number of benzene rings is 5. The number of pyridine rings is 1. The van der Waals surface area contributed by atoms with E-state index >= 15 is 0 Å². The number of imidazole rings is 1. The van der Waals surface area contributed by atoms with Gasteiger partial charge in [0.15, 0.2) is 0 Å². The Labute approximate surface area is 270 Å². The van der Waals surface area contributed by atoms with E-state index in [-0.39, 0.29) is 17.6 Å². The molecule has 7 aromatic rings. The van der Waals surface area contributed by atoms with Crippen molar-refractivity contribution >= 4 is 11.0 Å². The minimum atomic E-state index is 0.206. The number of nitrogens with zero attached hydrogens (tertiary/aromatic N) is 3. The summed E-state index contributed by atoms with van der Waals surface area (Å²) >= 11 is 0. The molecule has 0 saturated carbocycles. The summed E-state index contributed by atoms with van der Waals surface area (Å²) in [7, 11) is 0. The van der Waals surface area contributed by atoms with Gasteiger partial charge in [-0.25, -0.2) is 4.98 Å². The molecule has 4 nitrogen and oxygen atoms in total. The first-order chi connectivity index (χ1) is 22.4. The molecule has 0 aliphatic heterocycles. The van der Waals surface area contributed by atoms with Crippen LogP contribution >= 0.6 is 0 Å². The summed E-state index contributed by atoms with van der Waals surface area (Å²) in [5.74, 6) is 1.50. The van der Waals surface area contributed by atoms with Crippen LogP contribution < -0.4 is 0 Å². The van der Waals surface area contributed by atoms with E-state index in [0.717, 1.165) is 56.1 Å². The Balaban J connectivity index is 1.57. The zero-order valence-electron chi connectivity index (χ0n) is 26.6. The lowest BCUT2D eigenvalue weighted by atomic mass is 9.92. The Hall–Kier alpha value is -5.48. The fraction of sp³-hybridized carbons (Fsp3) is 0.143. The molecule has 0 aliphatic carbocycles. The van der Waals surface area contributed by atoms with E-state index in [4.69, 9.17) is 9.97 Å². The molecule has 2 aromatic heterocycles. The number of phenolic OH excluding ortho intramolecular Hbond substituents is 1. The molecule has 0 fully saturated rings. The summed E-state index contributed by atoms with van der Waals surface area (Å²) < 4.78 is 2.28. The lowest BCUT2D eigenvalue weighted by molar-refractivity contribution is 0.477. The number of rotatable bonds is 7. The van der Waals surface area contributed by atoms with Crippen LogP contribution in [-0.2, 0) is 0 Å². The van der Waals surface area contributed by atoms with Crippen molar-refractivity contribution in [1.29, 1.82) is 0 Å². The first kappa shape index (κ1) is 29.2. The van der Waals surface area contributed by atoms with Gasteiger partial charge >= 0.3 is 0 Å². The second-order valence-electron chi connectivity index (χ2n) is 12.4. The Kier molecular flexibility index (Phi) is 7.71. The van der Waals surface area contributed by atoms with Crippen molar-refractivity contribution in [2.45, 2.75) is 39.5 Å². The highest BCUT2D eigenvalue weighted by molar-refractivity contribution is 5.97. The van der Waals surface area contributed by atoms with Crippen LogP contribution in [0.15, 0.2) is 134 Å². The average Bonchev–Trinajstić information content (AvgIpc) is 3.48. The summed E-state index contributed by atoms with van der Waals surface area (Å²) in [6.45, 7) is 8.95. The second-order valence-corrected chi connectivity index (χ2v) is 12.4. The third-order valence-corrected chi connectivity index (χ3v) is 8.71. The third kappa shape index (κ3) is 5.26. The van der Waals surface area contributed by atoms with Crippen molar-refractivity contribution in [2.75, 3.05) is 0 Å². The second kappa shape index (κ2) is 12.1. The minimum absolute atomic E-state index is 0.206. The Bertz CT molecular complexity index is 2080. The van der Waals surface area contributed by atoms with Crippen molar-refractivity contribution in [3.63, 3.8) is 0 Å². The fourth-order valence-corrected chi connectivity index (χ4v) is 6.43. The van der Waals surface area contributed by atoms with Gasteiger partial charge in [0, 0.05) is 17.3 Å². The van der Waals surface area contributed by atoms with Gasteiger partial charge in [0.25, 0.3) is 0 Å². The van der Waals surface area contributed by atoms with E-state index in [2.05, 4.69) is 117 Å². The van der Waals surface area contributed by atoms with Gasteiger partial charge in [0.2, 0.25) is 0 Å². The van der Waals surface area contributed by atoms with Crippen LogP contribution in [0.5, 0.6) is 5.75 Å². The highest BCUT2D eigenvalue weighted by atomic mass is 16.3. The summed E-state index contributed by atoms with van der Waals surface area (Å²) in [4.78, 5) is 10.1. The number of para-hydroxylation sites is 3. The van der Waals surface area contributed by atoms with Crippen molar-refractivity contribution in [2.24, 2.45) is 0 Å². The zero-order valence-corrected chi connectivity index (χ0v) is 26.6. The first-order valence-corrected chi connectivity index (χ1v) is 16.0. The number of hydrogen-bond donors (Lipinski definition) is 1. The standard InChI is InChI=1S/C42H37N3O/c1-27(2)33-17-12-18-34(28(3)4)41(33)45-38-21-13-19-35(40(38)44-42(45)36-16-8-9-22-39(36)46)31-24-30(29-14-6-5-7-15-29)25-32(26-31)37-20-10-11-23-43-37/h5-28,46H,1-4H3. The molecule has 1 N–H and O–H groups in total. The number of phenols is 1. The monoisotopic (exact) mass is 599 g/mol. The number of fused-ring (bicyclic) bond motifs is 1. The largest absolute Gasteiger partial charge is 0.507 e. The number of aromatic hydroxyl groups is 1. The van der Waals surface area contributed by atoms with Gasteiger partial charge in [0.1, 0.15) is 11.6 Å². The van der Waals surface area contributed by atoms with Crippen molar-refractivity contribution in [1.82, 2.24) is 14.5 Å². The molecule has 0 radical (unpaired) electrons. The quantitative estimate of drug-likeness (QED) is 0.198. The van der Waals surface area contributed by atoms with E-state index in [9.17, 15) is 5.11 Å². The third-order valence-electron chi connectivity index (χ3n) is 8.71. The van der Waals surface area contributed by atoms with Crippen LogP contribution in [0.1, 0.15) is 50.7 Å². The Morgan fingerprint density at radius 1 is 0.565 bits per heavy atom. The van der Waals surface area contributed by atoms with Crippen LogP contribution in [0.25, 0.3) is 61.6 Å². The van der Waals surface area contributed by atoms with E-state index in [1.165, 1.54) is 11.1 Å². The maximum absolute atomic E-state index is 11.2. The number of hydrogen-bond acceptors (Lipinski definition) is 3. The molecule has 226 valence electrons. The predicted molar refractivity (Wildman–Crippen MR) is 190 cm³/mol. The van der Waals surface area contributed by atoms with E-state index in [0.29, 0.717) is 5.56 Å². The van der Waals surface area contributed by atoms with E-state index in [1.54, 1.807) is 6.07 Å². The van der Waals surface area contributed by atoms with Gasteiger partial charge in [-0.2, -0.15) is 0 Å². The van der Waals surface area contributed by atoms with Crippen molar-refractivity contribution in [3.05, 3.63) is 145 Å². The van der Waals surface area contributed by atoms with Gasteiger partial charge in [-0.05, 0) is 88.2 Å². The van der Waals surface area contributed by atoms with Crippen molar-refractivity contribution < 1.29 is 5.11 Å². The lowest BCUT2D eigenvalue weighted by Crippen LogP contribution is -2.08. The molecule has 0 spiro atoms. The van der Waals surface area contributed by atoms with Gasteiger partial charge in [-0.3, -0.25) is 9.55 Å². The Morgan fingerprint density at radius 2 is 1.20 bits per heavy atom. The molecular weight excluding hydrogens is 562 g/mol. The molecule has 0 saturated heterocycles. The van der Waals surface area contributed by atoms with Crippen LogP contribution in [0.2, 0.25) is 0 Å². The summed E-state index contributed by atoms with van der Waals surface area (Å²) in [6, 6.07) is 43.7. The molecule has 5 aromatic carbocycles. The summed E-state index contributed by atoms with van der Waals surface area (Å²) in [5, 5.41) is 11.2. The fourth-order valence-electron chi connectivity index (χ4n) is 6.43. The van der Waals surface area contributed by atoms with Crippen LogP contribution in [0, 0.1) is 0 Å². The van der Waals surface area contributed by atoms with Crippen LogP contribution in [0.3, 0.4) is 0 Å². The Morgan fingerprint density at radius 3 is 1.89 bits per heavy atom. The summed E-state index contributed by atoms with van der Waals surface area (Å²) in [5.41, 5.74) is 12.5. The molecule has 2 heterocycles. The highest BCUT2D eigenvalue weighted by Crippen LogP contribution is 2.42. The highest BCUT2D eigenvalue weighted by Gasteiger charge is 2.24. The van der Waals surface area contributed by atoms with E-state index < -0.39 is 0 Å². The first-order valence-electron chi connectivity index (χ1n) is 16.0. The molecule has 7 rings (SSSR count). The smallest absolute Gasteiger partial charge is 0.149 e. The van der Waals surface area contributed by atoms with Gasteiger partial charge in [-0.1, -0.05) is 107 Å².